The second-order valence-corrected chi connectivity index (χ2v) is 3.59. The minimum atomic E-state index is -2.29. The molecule has 0 aliphatic carbocycles. The highest BCUT2D eigenvalue weighted by Gasteiger charge is 2.01. The van der Waals surface area contributed by atoms with Gasteiger partial charge in [-0.25, -0.2) is 8.78 Å². The Morgan fingerprint density at radius 3 is 2.67 bits per heavy atom. The maximum Gasteiger partial charge on any atom is 0.250 e. The Kier molecular flexibility index (Phi) is 4.49. The number of rotatable bonds is 5. The van der Waals surface area contributed by atoms with Crippen LogP contribution in [0.25, 0.3) is 0 Å². The highest BCUT2D eigenvalue weighted by molar-refractivity contribution is 5.47. The fourth-order valence-electron chi connectivity index (χ4n) is 1.27. The van der Waals surface area contributed by atoms with E-state index in [-0.39, 0.29) is 6.54 Å². The van der Waals surface area contributed by atoms with Crippen LogP contribution in [0.3, 0.4) is 0 Å². The molecule has 1 aromatic carbocycles. The third-order valence-electron chi connectivity index (χ3n) is 2.05. The van der Waals surface area contributed by atoms with Gasteiger partial charge in [0.05, 0.1) is 6.54 Å². The van der Waals surface area contributed by atoms with Crippen LogP contribution in [0, 0.1) is 0 Å². The molecular formula is C11H16F2N2. The highest BCUT2D eigenvalue weighted by atomic mass is 19.3. The zero-order valence-electron chi connectivity index (χ0n) is 9.00. The van der Waals surface area contributed by atoms with Gasteiger partial charge in [0, 0.05) is 26.3 Å². The van der Waals surface area contributed by atoms with Crippen LogP contribution in [0.2, 0.25) is 0 Å². The summed E-state index contributed by atoms with van der Waals surface area (Å²) in [6.45, 7) is 0.220. The largest absolute Gasteiger partial charge is 0.378 e. The third kappa shape index (κ3) is 4.25. The Morgan fingerprint density at radius 1 is 1.33 bits per heavy atom. The first-order valence-electron chi connectivity index (χ1n) is 4.84. The van der Waals surface area contributed by atoms with Crippen LogP contribution in [0.5, 0.6) is 0 Å². The summed E-state index contributed by atoms with van der Waals surface area (Å²) in [7, 11) is 3.90. The number of nitrogens with zero attached hydrogens (tertiary/aromatic N) is 1. The Morgan fingerprint density at radius 2 is 2.07 bits per heavy atom. The van der Waals surface area contributed by atoms with Crippen LogP contribution in [0.1, 0.15) is 5.56 Å². The van der Waals surface area contributed by atoms with Crippen LogP contribution < -0.4 is 10.2 Å². The molecule has 0 fully saturated rings. The lowest BCUT2D eigenvalue weighted by molar-refractivity contribution is 0.145. The number of anilines is 1. The van der Waals surface area contributed by atoms with Crippen LogP contribution in [-0.2, 0) is 6.54 Å². The molecule has 0 spiro atoms. The van der Waals surface area contributed by atoms with Crippen molar-refractivity contribution in [2.75, 3.05) is 25.5 Å². The summed E-state index contributed by atoms with van der Waals surface area (Å²) in [5.74, 6) is 0. The number of hydrogen-bond acceptors (Lipinski definition) is 2. The van der Waals surface area contributed by atoms with E-state index in [9.17, 15) is 8.78 Å². The van der Waals surface area contributed by atoms with Crippen molar-refractivity contribution in [1.29, 1.82) is 0 Å². The Balaban J connectivity index is 2.50. The molecule has 0 aromatic heterocycles. The minimum Gasteiger partial charge on any atom is -0.378 e. The smallest absolute Gasteiger partial charge is 0.250 e. The predicted molar refractivity (Wildman–Crippen MR) is 58.5 cm³/mol. The molecule has 1 N–H and O–H groups in total. The second kappa shape index (κ2) is 5.66. The summed E-state index contributed by atoms with van der Waals surface area (Å²) in [6, 6.07) is 7.81. The van der Waals surface area contributed by atoms with Crippen molar-refractivity contribution in [3.63, 3.8) is 0 Å². The molecule has 0 aliphatic heterocycles. The van der Waals surface area contributed by atoms with E-state index in [1.807, 2.05) is 43.3 Å². The average molecular weight is 214 g/mol. The maximum absolute atomic E-state index is 11.9. The zero-order chi connectivity index (χ0) is 11.3. The third-order valence-corrected chi connectivity index (χ3v) is 2.05. The van der Waals surface area contributed by atoms with Crippen molar-refractivity contribution in [2.45, 2.75) is 13.0 Å². The van der Waals surface area contributed by atoms with Crippen molar-refractivity contribution in [2.24, 2.45) is 0 Å². The Labute approximate surface area is 88.9 Å². The molecule has 15 heavy (non-hydrogen) atoms. The second-order valence-electron chi connectivity index (χ2n) is 3.59. The van der Waals surface area contributed by atoms with E-state index >= 15 is 0 Å². The quantitative estimate of drug-likeness (QED) is 0.807. The van der Waals surface area contributed by atoms with E-state index in [0.29, 0.717) is 6.54 Å². The number of hydrogen-bond donors (Lipinski definition) is 1. The lowest BCUT2D eigenvalue weighted by Gasteiger charge is -2.13. The van der Waals surface area contributed by atoms with Crippen LogP contribution in [-0.4, -0.2) is 27.1 Å². The molecule has 1 rings (SSSR count). The minimum absolute atomic E-state index is 0.258. The molecule has 0 atom stereocenters. The van der Waals surface area contributed by atoms with E-state index in [4.69, 9.17) is 0 Å². The molecule has 1 aromatic rings. The van der Waals surface area contributed by atoms with Gasteiger partial charge >= 0.3 is 0 Å². The molecule has 0 unspecified atom stereocenters. The Bertz CT molecular complexity index is 300. The van der Waals surface area contributed by atoms with Crippen molar-refractivity contribution >= 4 is 5.69 Å². The van der Waals surface area contributed by atoms with Gasteiger partial charge in [0.25, 0.3) is 6.43 Å². The lowest BCUT2D eigenvalue weighted by Crippen LogP contribution is -2.20. The van der Waals surface area contributed by atoms with Crippen molar-refractivity contribution < 1.29 is 8.78 Å². The van der Waals surface area contributed by atoms with E-state index < -0.39 is 6.43 Å². The molecule has 4 heteroatoms. The monoisotopic (exact) mass is 214 g/mol. The zero-order valence-corrected chi connectivity index (χ0v) is 9.00. The van der Waals surface area contributed by atoms with Crippen molar-refractivity contribution in [3.8, 4) is 0 Å². The fourth-order valence-corrected chi connectivity index (χ4v) is 1.27. The summed E-state index contributed by atoms with van der Waals surface area (Å²) in [5.41, 5.74) is 2.09. The standard InChI is InChI=1S/C11H16F2N2/c1-15(2)10-5-3-4-9(6-10)7-14-8-11(12)13/h3-6,11,14H,7-8H2,1-2H3. The highest BCUT2D eigenvalue weighted by Crippen LogP contribution is 2.13. The van der Waals surface area contributed by atoms with Crippen molar-refractivity contribution in [1.82, 2.24) is 5.32 Å². The van der Waals surface area contributed by atoms with E-state index in [0.717, 1.165) is 11.3 Å². The number of alkyl halides is 2. The molecule has 0 heterocycles. The number of nitrogens with one attached hydrogen (secondary N) is 1. The Hall–Kier alpha value is -1.16. The van der Waals surface area contributed by atoms with E-state index in [1.54, 1.807) is 0 Å². The van der Waals surface area contributed by atoms with Crippen LogP contribution >= 0.6 is 0 Å². The number of halogens is 2. The molecule has 0 bridgehead atoms. The van der Waals surface area contributed by atoms with E-state index in [2.05, 4.69) is 5.32 Å². The van der Waals surface area contributed by atoms with Gasteiger partial charge in [-0.1, -0.05) is 12.1 Å². The van der Waals surface area contributed by atoms with Gasteiger partial charge in [-0.05, 0) is 17.7 Å². The summed E-state index contributed by atoms with van der Waals surface area (Å²) in [4.78, 5) is 1.98. The molecule has 0 saturated heterocycles. The molecule has 0 saturated carbocycles. The summed E-state index contributed by atoms with van der Waals surface area (Å²) in [6.07, 6.45) is -2.29. The molecular weight excluding hydrogens is 198 g/mol. The van der Waals surface area contributed by atoms with Crippen LogP contribution in [0.15, 0.2) is 24.3 Å². The van der Waals surface area contributed by atoms with Crippen LogP contribution in [0.4, 0.5) is 14.5 Å². The van der Waals surface area contributed by atoms with Gasteiger partial charge < -0.3 is 10.2 Å². The summed E-state index contributed by atoms with van der Waals surface area (Å²) < 4.78 is 23.7. The van der Waals surface area contributed by atoms with Gasteiger partial charge in [0.15, 0.2) is 0 Å². The average Bonchev–Trinajstić information content (AvgIpc) is 2.17. The normalized spacial score (nSPS) is 10.7. The lowest BCUT2D eigenvalue weighted by atomic mass is 10.2. The molecule has 0 radical (unpaired) electrons. The van der Waals surface area contributed by atoms with Gasteiger partial charge in [0.1, 0.15) is 0 Å². The first kappa shape index (κ1) is 11.9. The molecule has 84 valence electrons. The first-order chi connectivity index (χ1) is 7.09. The predicted octanol–water partition coefficient (Wildman–Crippen LogP) is 2.11. The molecule has 0 aliphatic rings. The molecule has 0 amide bonds. The molecule has 2 nitrogen and oxygen atoms in total. The SMILES string of the molecule is CN(C)c1cccc(CNCC(F)F)c1. The van der Waals surface area contributed by atoms with Gasteiger partial charge in [0.2, 0.25) is 0 Å². The maximum atomic E-state index is 11.9. The fraction of sp³-hybridized carbons (Fsp3) is 0.455. The van der Waals surface area contributed by atoms with Gasteiger partial charge in [-0.15, -0.1) is 0 Å². The van der Waals surface area contributed by atoms with Crippen molar-refractivity contribution in [3.05, 3.63) is 29.8 Å². The summed E-state index contributed by atoms with van der Waals surface area (Å²) in [5, 5.41) is 2.70. The van der Waals surface area contributed by atoms with Gasteiger partial charge in [-0.2, -0.15) is 0 Å². The van der Waals surface area contributed by atoms with E-state index in [1.165, 1.54) is 0 Å². The summed E-state index contributed by atoms with van der Waals surface area (Å²) >= 11 is 0. The topological polar surface area (TPSA) is 15.3 Å². The first-order valence-corrected chi connectivity index (χ1v) is 4.84. The van der Waals surface area contributed by atoms with Gasteiger partial charge in [-0.3, -0.25) is 0 Å². The number of benzene rings is 1.